The summed E-state index contributed by atoms with van der Waals surface area (Å²) in [5.41, 5.74) is 4.54. The lowest BCUT2D eigenvalue weighted by Crippen LogP contribution is -2.28. The molecule has 180 valence electrons. The molecule has 1 saturated carbocycles. The molecule has 2 aromatic carbocycles. The van der Waals surface area contributed by atoms with E-state index in [2.05, 4.69) is 20.2 Å². The molecule has 36 heavy (non-hydrogen) atoms. The molecule has 1 amide bonds. The number of hydrogen-bond donors (Lipinski definition) is 2. The second-order valence-corrected chi connectivity index (χ2v) is 9.08. The Kier molecular flexibility index (Phi) is 5.77. The smallest absolute Gasteiger partial charge is 0.255 e. The van der Waals surface area contributed by atoms with Crippen LogP contribution in [-0.4, -0.2) is 31.5 Å². The van der Waals surface area contributed by atoms with Crippen LogP contribution in [0.4, 0.5) is 10.3 Å². The molecule has 1 aliphatic carbocycles. The van der Waals surface area contributed by atoms with Gasteiger partial charge in [-0.2, -0.15) is 0 Å². The van der Waals surface area contributed by atoms with Crippen molar-refractivity contribution in [3.05, 3.63) is 90.3 Å². The molecule has 7 nitrogen and oxygen atoms in total. The second-order valence-electron chi connectivity index (χ2n) is 9.08. The average Bonchev–Trinajstić information content (AvgIpc) is 3.45. The number of anilines is 1. The van der Waals surface area contributed by atoms with Gasteiger partial charge in [0.25, 0.3) is 5.91 Å². The summed E-state index contributed by atoms with van der Waals surface area (Å²) in [6.45, 7) is 0. The number of rotatable bonds is 6. The number of nitrogens with one attached hydrogen (secondary N) is 2. The Bertz CT molecular complexity index is 1440. The van der Waals surface area contributed by atoms with Gasteiger partial charge in [-0.1, -0.05) is 18.2 Å². The summed E-state index contributed by atoms with van der Waals surface area (Å²) in [4.78, 5) is 26.8. The van der Waals surface area contributed by atoms with Crippen molar-refractivity contribution >= 4 is 17.6 Å². The van der Waals surface area contributed by atoms with Crippen LogP contribution in [0.15, 0.2) is 73.1 Å². The second kappa shape index (κ2) is 9.37. The Morgan fingerprint density at radius 1 is 1.00 bits per heavy atom. The molecule has 4 aromatic rings. The SMILES string of the molecule is O=C(N/C=C1\CCc2nc(-c3ccc(F)cc3)c(-c3ccnc(NC4CCC4)n3)n21)c1ccccc1. The van der Waals surface area contributed by atoms with Gasteiger partial charge >= 0.3 is 0 Å². The number of allylic oxidation sites excluding steroid dienone is 1. The van der Waals surface area contributed by atoms with Gasteiger partial charge < -0.3 is 10.6 Å². The Balaban J connectivity index is 1.41. The number of aromatic nitrogens is 4. The van der Waals surface area contributed by atoms with E-state index in [1.807, 2.05) is 24.3 Å². The lowest BCUT2D eigenvalue weighted by atomic mass is 9.93. The van der Waals surface area contributed by atoms with Gasteiger partial charge in [0.2, 0.25) is 5.95 Å². The van der Waals surface area contributed by atoms with E-state index in [1.54, 1.807) is 36.7 Å². The lowest BCUT2D eigenvalue weighted by molar-refractivity contribution is 0.0970. The standard InChI is InChI=1S/C28H25FN6O/c29-20-11-9-18(10-12-20)25-26(23-15-16-30-28(33-23)32-21-7-4-8-21)35-22(13-14-24(35)34-25)17-31-27(36)19-5-2-1-3-6-19/h1-3,5-6,9-12,15-17,21H,4,7-8,13-14H2,(H,31,36)(H,30,32,33)/b22-17+. The van der Waals surface area contributed by atoms with Crippen LogP contribution in [0.3, 0.4) is 0 Å². The first-order valence-corrected chi connectivity index (χ1v) is 12.2. The number of imidazole rings is 1. The van der Waals surface area contributed by atoms with Gasteiger partial charge in [-0.25, -0.2) is 19.3 Å². The van der Waals surface area contributed by atoms with Gasteiger partial charge in [0, 0.05) is 41.7 Å². The summed E-state index contributed by atoms with van der Waals surface area (Å²) in [6, 6.07) is 17.7. The highest BCUT2D eigenvalue weighted by molar-refractivity contribution is 5.95. The number of carbonyl (C=O) groups excluding carboxylic acids is 1. The van der Waals surface area contributed by atoms with Crippen LogP contribution in [0, 0.1) is 5.82 Å². The van der Waals surface area contributed by atoms with Crippen molar-refractivity contribution in [2.45, 2.75) is 38.1 Å². The molecule has 3 heterocycles. The Hall–Kier alpha value is -4.33. The summed E-state index contributed by atoms with van der Waals surface area (Å²) in [7, 11) is 0. The average molecular weight is 481 g/mol. The first-order valence-electron chi connectivity index (χ1n) is 12.2. The topological polar surface area (TPSA) is 84.7 Å². The number of benzene rings is 2. The van der Waals surface area contributed by atoms with E-state index in [0.717, 1.165) is 54.2 Å². The molecule has 0 atom stereocenters. The number of hydrogen-bond acceptors (Lipinski definition) is 5. The van der Waals surface area contributed by atoms with Gasteiger partial charge in [-0.05, 0) is 68.1 Å². The molecule has 2 aromatic heterocycles. The Morgan fingerprint density at radius 3 is 2.56 bits per heavy atom. The third-order valence-corrected chi connectivity index (χ3v) is 6.70. The number of fused-ring (bicyclic) bond motifs is 1. The molecule has 0 bridgehead atoms. The maximum atomic E-state index is 13.7. The van der Waals surface area contributed by atoms with Gasteiger partial charge in [-0.15, -0.1) is 0 Å². The van der Waals surface area contributed by atoms with E-state index in [0.29, 0.717) is 23.2 Å². The predicted molar refractivity (Wildman–Crippen MR) is 136 cm³/mol. The Labute approximate surface area is 208 Å². The molecule has 0 radical (unpaired) electrons. The minimum absolute atomic E-state index is 0.175. The van der Waals surface area contributed by atoms with Gasteiger partial charge in [-0.3, -0.25) is 9.36 Å². The summed E-state index contributed by atoms with van der Waals surface area (Å²) >= 11 is 0. The monoisotopic (exact) mass is 480 g/mol. The summed E-state index contributed by atoms with van der Waals surface area (Å²) < 4.78 is 15.7. The first kappa shape index (κ1) is 22.2. The summed E-state index contributed by atoms with van der Waals surface area (Å²) in [5, 5.41) is 6.34. The van der Waals surface area contributed by atoms with Crippen molar-refractivity contribution < 1.29 is 9.18 Å². The predicted octanol–water partition coefficient (Wildman–Crippen LogP) is 5.29. The zero-order valence-corrected chi connectivity index (χ0v) is 19.6. The molecule has 0 spiro atoms. The zero-order chi connectivity index (χ0) is 24.5. The van der Waals surface area contributed by atoms with E-state index in [1.165, 1.54) is 18.6 Å². The minimum atomic E-state index is -0.301. The van der Waals surface area contributed by atoms with E-state index >= 15 is 0 Å². The molecule has 0 saturated heterocycles. The highest BCUT2D eigenvalue weighted by atomic mass is 19.1. The van der Waals surface area contributed by atoms with Crippen LogP contribution in [0.2, 0.25) is 0 Å². The van der Waals surface area contributed by atoms with Crippen LogP contribution in [0.5, 0.6) is 0 Å². The van der Waals surface area contributed by atoms with Crippen molar-refractivity contribution in [3.8, 4) is 22.6 Å². The van der Waals surface area contributed by atoms with Crippen molar-refractivity contribution in [2.75, 3.05) is 5.32 Å². The highest BCUT2D eigenvalue weighted by Crippen LogP contribution is 2.38. The molecule has 2 N–H and O–H groups in total. The lowest BCUT2D eigenvalue weighted by Gasteiger charge is -2.26. The Morgan fingerprint density at radius 2 is 1.81 bits per heavy atom. The maximum Gasteiger partial charge on any atom is 0.255 e. The van der Waals surface area contributed by atoms with Crippen molar-refractivity contribution in [1.82, 2.24) is 24.8 Å². The molecular formula is C28H25FN6O. The van der Waals surface area contributed by atoms with Crippen LogP contribution >= 0.6 is 0 Å². The molecular weight excluding hydrogens is 455 g/mol. The van der Waals surface area contributed by atoms with Gasteiger partial charge in [0.05, 0.1) is 17.1 Å². The number of carbonyl (C=O) groups is 1. The molecule has 1 fully saturated rings. The van der Waals surface area contributed by atoms with Crippen LogP contribution in [-0.2, 0) is 6.42 Å². The molecule has 6 rings (SSSR count). The van der Waals surface area contributed by atoms with Crippen molar-refractivity contribution in [2.24, 2.45) is 0 Å². The maximum absolute atomic E-state index is 13.7. The van der Waals surface area contributed by atoms with E-state index in [-0.39, 0.29) is 11.7 Å². The van der Waals surface area contributed by atoms with E-state index in [4.69, 9.17) is 9.97 Å². The summed E-state index contributed by atoms with van der Waals surface area (Å²) in [6.07, 6.45) is 8.39. The highest BCUT2D eigenvalue weighted by Gasteiger charge is 2.28. The first-order chi connectivity index (χ1) is 17.7. The summed E-state index contributed by atoms with van der Waals surface area (Å²) in [5.74, 6) is 0.978. The fraction of sp³-hybridized carbons (Fsp3) is 0.214. The van der Waals surface area contributed by atoms with Crippen molar-refractivity contribution in [3.63, 3.8) is 0 Å². The number of nitrogens with zero attached hydrogens (tertiary/aromatic N) is 4. The minimum Gasteiger partial charge on any atom is -0.351 e. The van der Waals surface area contributed by atoms with Crippen LogP contribution in [0.25, 0.3) is 28.3 Å². The number of halogens is 1. The molecule has 8 heteroatoms. The van der Waals surface area contributed by atoms with Gasteiger partial charge in [0.15, 0.2) is 0 Å². The molecule has 0 unspecified atom stereocenters. The third kappa shape index (κ3) is 4.26. The third-order valence-electron chi connectivity index (χ3n) is 6.70. The fourth-order valence-electron chi connectivity index (χ4n) is 4.59. The number of aryl methyl sites for hydroxylation is 1. The van der Waals surface area contributed by atoms with Crippen LogP contribution < -0.4 is 10.6 Å². The van der Waals surface area contributed by atoms with E-state index in [9.17, 15) is 9.18 Å². The van der Waals surface area contributed by atoms with Crippen LogP contribution in [0.1, 0.15) is 41.9 Å². The number of amides is 1. The normalized spacial score (nSPS) is 16.0. The molecule has 1 aliphatic heterocycles. The fourth-order valence-corrected chi connectivity index (χ4v) is 4.59. The van der Waals surface area contributed by atoms with Gasteiger partial charge in [0.1, 0.15) is 11.6 Å². The largest absolute Gasteiger partial charge is 0.351 e. The zero-order valence-electron chi connectivity index (χ0n) is 19.6. The van der Waals surface area contributed by atoms with E-state index < -0.39 is 0 Å². The van der Waals surface area contributed by atoms with Crippen molar-refractivity contribution in [1.29, 1.82) is 0 Å². The molecule has 2 aliphatic rings. The quantitative estimate of drug-likeness (QED) is 0.392.